The Hall–Kier alpha value is -1.24. The molecule has 0 radical (unpaired) electrons. The number of rotatable bonds is 3. The van der Waals surface area contributed by atoms with E-state index in [-0.39, 0.29) is 5.82 Å². The summed E-state index contributed by atoms with van der Waals surface area (Å²) in [6, 6.07) is 6.42. The quantitative estimate of drug-likeness (QED) is 0.655. The van der Waals surface area contributed by atoms with Gasteiger partial charge in [0.25, 0.3) is 0 Å². The van der Waals surface area contributed by atoms with Gasteiger partial charge in [-0.3, -0.25) is 5.43 Å². The molecule has 1 saturated heterocycles. The molecule has 1 aromatic rings. The minimum atomic E-state index is -0.218. The van der Waals surface area contributed by atoms with Crippen LogP contribution in [-0.4, -0.2) is 43.3 Å². The SMILES string of the molecule is C[NH+]1CCN(NC(=S)NCc2ccc(F)cc2)CC1. The zero-order valence-corrected chi connectivity index (χ0v) is 11.9. The van der Waals surface area contributed by atoms with Crippen LogP contribution < -0.4 is 15.6 Å². The summed E-state index contributed by atoms with van der Waals surface area (Å²) in [5.74, 6) is -0.218. The normalized spacial score (nSPS) is 17.2. The fraction of sp³-hybridized carbons (Fsp3) is 0.462. The Labute approximate surface area is 118 Å². The van der Waals surface area contributed by atoms with Crippen molar-refractivity contribution in [1.82, 2.24) is 15.8 Å². The molecule has 19 heavy (non-hydrogen) atoms. The Balaban J connectivity index is 1.71. The highest BCUT2D eigenvalue weighted by Crippen LogP contribution is 2.01. The molecule has 1 aliphatic heterocycles. The van der Waals surface area contributed by atoms with Crippen molar-refractivity contribution in [2.24, 2.45) is 0 Å². The predicted molar refractivity (Wildman–Crippen MR) is 77.2 cm³/mol. The minimum absolute atomic E-state index is 0.218. The van der Waals surface area contributed by atoms with E-state index < -0.39 is 0 Å². The van der Waals surface area contributed by atoms with Gasteiger partial charge >= 0.3 is 0 Å². The summed E-state index contributed by atoms with van der Waals surface area (Å²) in [6.07, 6.45) is 0. The first kappa shape index (κ1) is 14.2. The molecule has 4 nitrogen and oxygen atoms in total. The molecule has 1 aromatic carbocycles. The third-order valence-electron chi connectivity index (χ3n) is 3.24. The molecule has 104 valence electrons. The second-order valence-electron chi connectivity index (χ2n) is 4.87. The van der Waals surface area contributed by atoms with Crippen molar-refractivity contribution in [2.75, 3.05) is 33.2 Å². The Morgan fingerprint density at radius 2 is 1.95 bits per heavy atom. The molecule has 3 N–H and O–H groups in total. The topological polar surface area (TPSA) is 31.7 Å². The highest BCUT2D eigenvalue weighted by atomic mass is 32.1. The number of halogens is 1. The lowest BCUT2D eigenvalue weighted by molar-refractivity contribution is -0.884. The highest BCUT2D eigenvalue weighted by Gasteiger charge is 2.16. The maximum Gasteiger partial charge on any atom is 0.181 e. The number of hydrazine groups is 1. The molecule has 0 atom stereocenters. The molecule has 0 spiro atoms. The average molecular weight is 283 g/mol. The third kappa shape index (κ3) is 4.74. The molecule has 0 saturated carbocycles. The monoisotopic (exact) mass is 283 g/mol. The van der Waals surface area contributed by atoms with Crippen LogP contribution in [0.25, 0.3) is 0 Å². The van der Waals surface area contributed by atoms with Gasteiger partial charge in [0.1, 0.15) is 5.82 Å². The van der Waals surface area contributed by atoms with Gasteiger partial charge in [0.2, 0.25) is 0 Å². The average Bonchev–Trinajstić information content (AvgIpc) is 2.41. The van der Waals surface area contributed by atoms with Crippen LogP contribution in [0, 0.1) is 5.82 Å². The standard InChI is InChI=1S/C13H19FN4S/c1-17-6-8-18(9-7-17)16-13(19)15-10-11-2-4-12(14)5-3-11/h2-5H,6-10H2,1H3,(H2,15,16,19)/p+1. The fourth-order valence-electron chi connectivity index (χ4n) is 1.97. The highest BCUT2D eigenvalue weighted by molar-refractivity contribution is 7.80. The van der Waals surface area contributed by atoms with E-state index >= 15 is 0 Å². The van der Waals surface area contributed by atoms with Crippen molar-refractivity contribution in [3.8, 4) is 0 Å². The molecule has 2 rings (SSSR count). The van der Waals surface area contributed by atoms with Gasteiger partial charge in [0.05, 0.1) is 33.2 Å². The van der Waals surface area contributed by atoms with Gasteiger partial charge < -0.3 is 10.2 Å². The lowest BCUT2D eigenvalue weighted by Gasteiger charge is -2.31. The second-order valence-corrected chi connectivity index (χ2v) is 5.27. The van der Waals surface area contributed by atoms with Gasteiger partial charge in [-0.15, -0.1) is 0 Å². The molecular formula is C13H20FN4S+. The van der Waals surface area contributed by atoms with Gasteiger partial charge in [-0.2, -0.15) is 0 Å². The fourth-order valence-corrected chi connectivity index (χ4v) is 2.17. The number of thiocarbonyl (C=S) groups is 1. The summed E-state index contributed by atoms with van der Waals surface area (Å²) >= 11 is 5.24. The van der Waals surface area contributed by atoms with Gasteiger partial charge in [-0.25, -0.2) is 9.40 Å². The van der Waals surface area contributed by atoms with Crippen molar-refractivity contribution in [1.29, 1.82) is 0 Å². The zero-order chi connectivity index (χ0) is 13.7. The Kier molecular flexibility index (Phi) is 5.07. The summed E-state index contributed by atoms with van der Waals surface area (Å²) in [5, 5.41) is 5.87. The summed E-state index contributed by atoms with van der Waals surface area (Å²) in [5.41, 5.74) is 4.20. The summed E-state index contributed by atoms with van der Waals surface area (Å²) in [4.78, 5) is 1.54. The van der Waals surface area contributed by atoms with Gasteiger partial charge in [0.15, 0.2) is 5.11 Å². The first-order valence-electron chi connectivity index (χ1n) is 6.48. The number of likely N-dealkylation sites (N-methyl/N-ethyl adjacent to an activating group) is 1. The molecule has 0 bridgehead atoms. The lowest BCUT2D eigenvalue weighted by atomic mass is 10.2. The number of quaternary nitrogens is 1. The lowest BCUT2D eigenvalue weighted by Crippen LogP contribution is -3.12. The van der Waals surface area contributed by atoms with E-state index in [0.29, 0.717) is 11.7 Å². The van der Waals surface area contributed by atoms with Crippen LogP contribution in [0.3, 0.4) is 0 Å². The van der Waals surface area contributed by atoms with E-state index in [9.17, 15) is 4.39 Å². The van der Waals surface area contributed by atoms with E-state index in [0.717, 1.165) is 31.7 Å². The first-order chi connectivity index (χ1) is 9.13. The molecular weight excluding hydrogens is 263 g/mol. The van der Waals surface area contributed by atoms with Crippen LogP contribution in [0.4, 0.5) is 4.39 Å². The number of nitrogens with zero attached hydrogens (tertiary/aromatic N) is 1. The van der Waals surface area contributed by atoms with Gasteiger partial charge in [0, 0.05) is 6.54 Å². The van der Waals surface area contributed by atoms with E-state index in [2.05, 4.69) is 22.8 Å². The number of nitrogens with one attached hydrogen (secondary N) is 3. The van der Waals surface area contributed by atoms with Crippen molar-refractivity contribution in [3.63, 3.8) is 0 Å². The Bertz CT molecular complexity index is 415. The summed E-state index contributed by atoms with van der Waals surface area (Å²) < 4.78 is 12.8. The van der Waals surface area contributed by atoms with Crippen molar-refractivity contribution >= 4 is 17.3 Å². The van der Waals surface area contributed by atoms with Crippen LogP contribution in [0.2, 0.25) is 0 Å². The van der Waals surface area contributed by atoms with Crippen LogP contribution in [0.15, 0.2) is 24.3 Å². The van der Waals surface area contributed by atoms with E-state index in [1.807, 2.05) is 0 Å². The summed E-state index contributed by atoms with van der Waals surface area (Å²) in [7, 11) is 2.20. The van der Waals surface area contributed by atoms with Gasteiger partial charge in [-0.1, -0.05) is 12.1 Å². The number of piperazine rings is 1. The van der Waals surface area contributed by atoms with Crippen molar-refractivity contribution < 1.29 is 9.29 Å². The van der Waals surface area contributed by atoms with Crippen LogP contribution in [-0.2, 0) is 6.54 Å². The predicted octanol–water partition coefficient (Wildman–Crippen LogP) is -0.465. The van der Waals surface area contributed by atoms with Crippen molar-refractivity contribution in [2.45, 2.75) is 6.54 Å². The molecule has 0 unspecified atom stereocenters. The largest absolute Gasteiger partial charge is 0.358 e. The van der Waals surface area contributed by atoms with Crippen LogP contribution in [0.1, 0.15) is 5.56 Å². The number of benzene rings is 1. The number of hydrogen-bond acceptors (Lipinski definition) is 2. The van der Waals surface area contributed by atoms with Crippen molar-refractivity contribution in [3.05, 3.63) is 35.6 Å². The Morgan fingerprint density at radius 3 is 2.58 bits per heavy atom. The number of hydrogen-bond donors (Lipinski definition) is 3. The van der Waals surface area contributed by atoms with Crippen LogP contribution in [0.5, 0.6) is 0 Å². The summed E-state index contributed by atoms with van der Waals surface area (Å²) in [6.45, 7) is 4.82. The van der Waals surface area contributed by atoms with E-state index in [1.54, 1.807) is 17.0 Å². The molecule has 6 heteroatoms. The molecule has 1 heterocycles. The van der Waals surface area contributed by atoms with E-state index in [1.165, 1.54) is 12.1 Å². The third-order valence-corrected chi connectivity index (χ3v) is 3.48. The smallest absolute Gasteiger partial charge is 0.181 e. The molecule has 0 aromatic heterocycles. The second kappa shape index (κ2) is 6.79. The van der Waals surface area contributed by atoms with E-state index in [4.69, 9.17) is 12.2 Å². The molecule has 0 aliphatic carbocycles. The first-order valence-corrected chi connectivity index (χ1v) is 6.89. The molecule has 1 fully saturated rings. The molecule has 1 aliphatic rings. The minimum Gasteiger partial charge on any atom is -0.358 e. The Morgan fingerprint density at radius 1 is 1.32 bits per heavy atom. The molecule has 0 amide bonds. The zero-order valence-electron chi connectivity index (χ0n) is 11.1. The maximum absolute atomic E-state index is 12.8. The van der Waals surface area contributed by atoms with Crippen LogP contribution >= 0.6 is 12.2 Å². The maximum atomic E-state index is 12.8. The van der Waals surface area contributed by atoms with Gasteiger partial charge in [-0.05, 0) is 29.9 Å².